The highest BCUT2D eigenvalue weighted by molar-refractivity contribution is 6.17. The average Bonchev–Trinajstić information content (AvgIpc) is 1.99. The second-order valence-corrected chi connectivity index (χ2v) is 2.76. The quantitative estimate of drug-likeness (QED) is 0.617. The van der Waals surface area contributed by atoms with Gasteiger partial charge in [-0.15, -0.1) is 11.6 Å². The Hall–Kier alpha value is -0.760. The number of hydrogen-bond acceptors (Lipinski definition) is 1. The summed E-state index contributed by atoms with van der Waals surface area (Å²) in [6.45, 7) is 2.38. The second-order valence-electron chi connectivity index (χ2n) is 2.38. The highest BCUT2D eigenvalue weighted by Gasteiger charge is 1.95. The number of pyridine rings is 1. The minimum Gasteiger partial charge on any atom is -0.314 e. The van der Waals surface area contributed by atoms with Crippen LogP contribution >= 0.6 is 11.6 Å². The van der Waals surface area contributed by atoms with Crippen molar-refractivity contribution >= 4 is 11.6 Å². The molecule has 1 rings (SSSR count). The summed E-state index contributed by atoms with van der Waals surface area (Å²) < 4.78 is 1.61. The molecule has 0 unspecified atom stereocenters. The molecule has 0 atom stereocenters. The zero-order chi connectivity index (χ0) is 8.27. The molecule has 3 heteroatoms. The van der Waals surface area contributed by atoms with Gasteiger partial charge in [0.2, 0.25) is 0 Å². The van der Waals surface area contributed by atoms with Crippen molar-refractivity contribution < 1.29 is 0 Å². The minimum atomic E-state index is 0.0492. The van der Waals surface area contributed by atoms with Crippen molar-refractivity contribution in [2.45, 2.75) is 13.5 Å². The average molecular weight is 172 g/mol. The predicted octanol–water partition coefficient (Wildman–Crippen LogP) is 1.40. The van der Waals surface area contributed by atoms with E-state index in [0.717, 1.165) is 5.56 Å². The molecule has 0 spiro atoms. The number of alkyl halides is 1. The molecule has 0 saturated heterocycles. The summed E-state index contributed by atoms with van der Waals surface area (Å²) >= 11 is 5.50. The van der Waals surface area contributed by atoms with Crippen LogP contribution in [0.4, 0.5) is 0 Å². The van der Waals surface area contributed by atoms with Crippen LogP contribution in [0.25, 0.3) is 0 Å². The van der Waals surface area contributed by atoms with Crippen LogP contribution in [0, 0.1) is 6.92 Å². The van der Waals surface area contributed by atoms with Crippen molar-refractivity contribution in [2.24, 2.45) is 0 Å². The van der Waals surface area contributed by atoms with Crippen molar-refractivity contribution in [3.8, 4) is 0 Å². The Morgan fingerprint density at radius 1 is 1.64 bits per heavy atom. The fourth-order valence-electron chi connectivity index (χ4n) is 0.924. The maximum atomic E-state index is 11.3. The van der Waals surface area contributed by atoms with Gasteiger partial charge in [0, 0.05) is 24.2 Å². The van der Waals surface area contributed by atoms with E-state index in [1.165, 1.54) is 0 Å². The normalized spacial score (nSPS) is 10.0. The van der Waals surface area contributed by atoms with E-state index < -0.39 is 0 Å². The number of aryl methyl sites for hydroxylation is 2. The van der Waals surface area contributed by atoms with Crippen LogP contribution in [0.5, 0.6) is 0 Å². The monoisotopic (exact) mass is 171 g/mol. The number of hydrogen-bond donors (Lipinski definition) is 0. The van der Waals surface area contributed by atoms with E-state index >= 15 is 0 Å². The summed E-state index contributed by atoms with van der Waals surface area (Å²) in [4.78, 5) is 11.3. The van der Waals surface area contributed by atoms with Gasteiger partial charge >= 0.3 is 0 Å². The summed E-state index contributed by atoms with van der Waals surface area (Å²) in [5.41, 5.74) is 0.811. The van der Waals surface area contributed by atoms with Crippen molar-refractivity contribution in [1.29, 1.82) is 0 Å². The summed E-state index contributed by atoms with van der Waals surface area (Å²) in [5.74, 6) is 0.476. The minimum absolute atomic E-state index is 0.0492. The first kappa shape index (κ1) is 8.34. The fourth-order valence-corrected chi connectivity index (χ4v) is 1.11. The summed E-state index contributed by atoms with van der Waals surface area (Å²) in [6, 6.07) is 3.65. The molecule has 2 nitrogen and oxygen atoms in total. The number of aromatic nitrogens is 1. The lowest BCUT2D eigenvalue weighted by Gasteiger charge is -2.01. The number of halogens is 1. The van der Waals surface area contributed by atoms with Gasteiger partial charge in [0.25, 0.3) is 5.56 Å². The molecule has 1 aromatic heterocycles. The summed E-state index contributed by atoms with van der Waals surface area (Å²) in [6.07, 6.45) is 1.75. The largest absolute Gasteiger partial charge is 0.314 e. The van der Waals surface area contributed by atoms with Gasteiger partial charge in [0.15, 0.2) is 0 Å². The maximum Gasteiger partial charge on any atom is 0.253 e. The van der Waals surface area contributed by atoms with Crippen molar-refractivity contribution in [3.05, 3.63) is 34.2 Å². The molecule has 0 saturated carbocycles. The molecule has 60 valence electrons. The Labute approximate surface area is 70.4 Å². The van der Waals surface area contributed by atoms with E-state index in [2.05, 4.69) is 0 Å². The van der Waals surface area contributed by atoms with Crippen LogP contribution in [0.15, 0.2) is 23.1 Å². The smallest absolute Gasteiger partial charge is 0.253 e. The molecule has 0 aromatic carbocycles. The Kier molecular flexibility index (Phi) is 2.71. The van der Waals surface area contributed by atoms with Gasteiger partial charge in [-0.1, -0.05) is 6.07 Å². The molecule has 0 fully saturated rings. The van der Waals surface area contributed by atoms with E-state index in [-0.39, 0.29) is 5.56 Å². The molecular weight excluding hydrogens is 162 g/mol. The molecule has 0 bridgehead atoms. The molecule has 1 heterocycles. The zero-order valence-electron chi connectivity index (χ0n) is 6.38. The zero-order valence-corrected chi connectivity index (χ0v) is 7.14. The van der Waals surface area contributed by atoms with E-state index in [0.29, 0.717) is 12.4 Å². The van der Waals surface area contributed by atoms with Crippen LogP contribution in [0.2, 0.25) is 0 Å². The van der Waals surface area contributed by atoms with Crippen molar-refractivity contribution in [1.82, 2.24) is 4.57 Å². The van der Waals surface area contributed by atoms with Crippen LogP contribution < -0.4 is 5.56 Å². The molecule has 0 aliphatic carbocycles. The first-order chi connectivity index (χ1) is 5.25. The summed E-state index contributed by atoms with van der Waals surface area (Å²) in [5, 5.41) is 0. The lowest BCUT2D eigenvalue weighted by atomic mass is 10.3. The Balaban J connectivity index is 3.07. The Morgan fingerprint density at radius 3 is 3.00 bits per heavy atom. The molecule has 0 N–H and O–H groups in total. The lowest BCUT2D eigenvalue weighted by molar-refractivity contribution is 0.726. The Morgan fingerprint density at radius 2 is 2.36 bits per heavy atom. The van der Waals surface area contributed by atoms with Crippen LogP contribution in [0.1, 0.15) is 5.56 Å². The topological polar surface area (TPSA) is 22.0 Å². The van der Waals surface area contributed by atoms with E-state index in [1.807, 2.05) is 6.07 Å². The van der Waals surface area contributed by atoms with E-state index in [9.17, 15) is 4.79 Å². The van der Waals surface area contributed by atoms with Crippen LogP contribution in [-0.4, -0.2) is 10.4 Å². The molecule has 0 aliphatic rings. The first-order valence-electron chi connectivity index (χ1n) is 3.47. The third-order valence-electron chi connectivity index (χ3n) is 1.54. The summed E-state index contributed by atoms with van der Waals surface area (Å²) in [7, 11) is 0. The van der Waals surface area contributed by atoms with Gasteiger partial charge < -0.3 is 4.57 Å². The third kappa shape index (κ3) is 1.84. The highest BCUT2D eigenvalue weighted by atomic mass is 35.5. The van der Waals surface area contributed by atoms with Crippen molar-refractivity contribution in [3.63, 3.8) is 0 Å². The van der Waals surface area contributed by atoms with Crippen molar-refractivity contribution in [2.75, 3.05) is 5.88 Å². The molecular formula is C8H10ClNO. The number of nitrogens with zero attached hydrogens (tertiary/aromatic N) is 1. The maximum absolute atomic E-state index is 11.3. The fraction of sp³-hybridized carbons (Fsp3) is 0.375. The van der Waals surface area contributed by atoms with Gasteiger partial charge in [-0.3, -0.25) is 4.79 Å². The van der Waals surface area contributed by atoms with E-state index in [1.54, 1.807) is 23.8 Å². The molecule has 1 aromatic rings. The molecule has 0 amide bonds. The molecule has 0 aliphatic heterocycles. The number of rotatable bonds is 2. The molecule has 0 radical (unpaired) electrons. The highest BCUT2D eigenvalue weighted by Crippen LogP contribution is 1.89. The van der Waals surface area contributed by atoms with Gasteiger partial charge in [-0.05, 0) is 13.0 Å². The SMILES string of the molecule is Cc1cccn(CCCl)c1=O. The van der Waals surface area contributed by atoms with Gasteiger partial charge in [0.05, 0.1) is 0 Å². The predicted molar refractivity (Wildman–Crippen MR) is 46.2 cm³/mol. The third-order valence-corrected chi connectivity index (χ3v) is 1.70. The van der Waals surface area contributed by atoms with Crippen LogP contribution in [0.3, 0.4) is 0 Å². The lowest BCUT2D eigenvalue weighted by Crippen LogP contribution is -2.21. The van der Waals surface area contributed by atoms with Crippen LogP contribution in [-0.2, 0) is 6.54 Å². The Bertz CT molecular complexity index is 292. The van der Waals surface area contributed by atoms with Gasteiger partial charge in [-0.25, -0.2) is 0 Å². The van der Waals surface area contributed by atoms with Gasteiger partial charge in [0.1, 0.15) is 0 Å². The van der Waals surface area contributed by atoms with Gasteiger partial charge in [-0.2, -0.15) is 0 Å². The molecule has 11 heavy (non-hydrogen) atoms. The second kappa shape index (κ2) is 3.58. The first-order valence-corrected chi connectivity index (χ1v) is 4.01. The van der Waals surface area contributed by atoms with E-state index in [4.69, 9.17) is 11.6 Å². The standard InChI is InChI=1S/C8H10ClNO/c1-7-3-2-5-10(6-4-9)8(7)11/h2-3,5H,4,6H2,1H3.